The Morgan fingerprint density at radius 1 is 1.22 bits per heavy atom. The Morgan fingerprint density at radius 3 is 2.56 bits per heavy atom. The highest BCUT2D eigenvalue weighted by atomic mass is 35.5. The molecule has 1 fully saturated rings. The van der Waals surface area contributed by atoms with Crippen molar-refractivity contribution in [3.05, 3.63) is 51.7 Å². The number of piperidine rings is 1. The number of halogens is 1. The summed E-state index contributed by atoms with van der Waals surface area (Å²) in [6.07, 6.45) is 1.41. The Kier molecular flexibility index (Phi) is 6.74. The van der Waals surface area contributed by atoms with Gasteiger partial charge < -0.3 is 14.5 Å². The van der Waals surface area contributed by atoms with E-state index in [2.05, 4.69) is 0 Å². The summed E-state index contributed by atoms with van der Waals surface area (Å²) in [4.78, 5) is 29.4. The number of likely N-dealkylation sites (tertiary alicyclic amines) is 1. The van der Waals surface area contributed by atoms with Gasteiger partial charge in [-0.05, 0) is 48.6 Å². The van der Waals surface area contributed by atoms with E-state index in [0.717, 1.165) is 10.6 Å². The zero-order chi connectivity index (χ0) is 19.2. The first-order chi connectivity index (χ1) is 13.0. The van der Waals surface area contributed by atoms with Gasteiger partial charge in [0, 0.05) is 31.1 Å². The van der Waals surface area contributed by atoms with E-state index >= 15 is 0 Å². The number of rotatable bonds is 6. The van der Waals surface area contributed by atoms with Gasteiger partial charge in [-0.15, -0.1) is 11.3 Å². The van der Waals surface area contributed by atoms with Crippen molar-refractivity contribution in [1.82, 2.24) is 9.80 Å². The third kappa shape index (κ3) is 5.23. The molecular formula is C20H23ClN2O3S. The number of carbonyl (C=O) groups excluding carboxylic acids is 2. The van der Waals surface area contributed by atoms with E-state index in [-0.39, 0.29) is 17.7 Å². The van der Waals surface area contributed by atoms with Gasteiger partial charge in [-0.3, -0.25) is 9.59 Å². The fraction of sp³-hybridized carbons (Fsp3) is 0.400. The predicted octanol–water partition coefficient (Wildman–Crippen LogP) is 3.79. The minimum absolute atomic E-state index is 0.0297. The van der Waals surface area contributed by atoms with Crippen LogP contribution in [-0.2, 0) is 4.79 Å². The van der Waals surface area contributed by atoms with Gasteiger partial charge in [0.2, 0.25) is 5.91 Å². The molecule has 0 bridgehead atoms. The van der Waals surface area contributed by atoms with Crippen molar-refractivity contribution in [2.24, 2.45) is 5.92 Å². The number of nitrogens with zero attached hydrogens (tertiary/aromatic N) is 2. The van der Waals surface area contributed by atoms with Crippen molar-refractivity contribution in [2.75, 3.05) is 33.3 Å². The fourth-order valence-electron chi connectivity index (χ4n) is 3.14. The molecule has 1 aromatic carbocycles. The van der Waals surface area contributed by atoms with Crippen LogP contribution < -0.4 is 4.74 Å². The molecule has 1 saturated heterocycles. The van der Waals surface area contributed by atoms with E-state index in [4.69, 9.17) is 16.3 Å². The standard InChI is InChI=1S/C20H23ClN2O3S/c1-22(12-13-26-17-6-4-16(21)5-7-17)19(24)15-8-10-23(11-9-15)20(25)18-3-2-14-27-18/h2-7,14-15H,8-13H2,1H3. The largest absolute Gasteiger partial charge is 0.492 e. The smallest absolute Gasteiger partial charge is 0.263 e. The first-order valence-corrected chi connectivity index (χ1v) is 10.3. The van der Waals surface area contributed by atoms with Crippen molar-refractivity contribution in [3.63, 3.8) is 0 Å². The van der Waals surface area contributed by atoms with E-state index in [9.17, 15) is 9.59 Å². The van der Waals surface area contributed by atoms with Crippen LogP contribution in [0.15, 0.2) is 41.8 Å². The maximum Gasteiger partial charge on any atom is 0.263 e. The third-order valence-corrected chi connectivity index (χ3v) is 5.86. The molecule has 2 aromatic rings. The van der Waals surface area contributed by atoms with Gasteiger partial charge in [-0.2, -0.15) is 0 Å². The lowest BCUT2D eigenvalue weighted by atomic mass is 9.95. The SMILES string of the molecule is CN(CCOc1ccc(Cl)cc1)C(=O)C1CCN(C(=O)c2cccs2)CC1. The quantitative estimate of drug-likeness (QED) is 0.733. The van der Waals surface area contributed by atoms with E-state index in [1.54, 1.807) is 24.1 Å². The molecule has 0 aliphatic carbocycles. The lowest BCUT2D eigenvalue weighted by Crippen LogP contribution is -2.44. The van der Waals surface area contributed by atoms with Crippen LogP contribution in [0.5, 0.6) is 5.75 Å². The fourth-order valence-corrected chi connectivity index (χ4v) is 3.96. The Labute approximate surface area is 168 Å². The summed E-state index contributed by atoms with van der Waals surface area (Å²) in [7, 11) is 1.80. The summed E-state index contributed by atoms with van der Waals surface area (Å²) >= 11 is 7.31. The molecule has 0 N–H and O–H groups in total. The van der Waals surface area contributed by atoms with Crippen LogP contribution >= 0.6 is 22.9 Å². The summed E-state index contributed by atoms with van der Waals surface area (Å²) in [6, 6.07) is 10.9. The minimum Gasteiger partial charge on any atom is -0.492 e. The molecule has 1 aromatic heterocycles. The lowest BCUT2D eigenvalue weighted by molar-refractivity contribution is -0.135. The van der Waals surface area contributed by atoms with Crippen LogP contribution in [0, 0.1) is 5.92 Å². The molecule has 3 rings (SSSR count). The number of thiophene rings is 1. The van der Waals surface area contributed by atoms with Crippen molar-refractivity contribution in [3.8, 4) is 5.75 Å². The van der Waals surface area contributed by atoms with Gasteiger partial charge in [0.1, 0.15) is 12.4 Å². The molecule has 0 atom stereocenters. The summed E-state index contributed by atoms with van der Waals surface area (Å²) in [5.41, 5.74) is 0. The van der Waals surface area contributed by atoms with Crippen molar-refractivity contribution < 1.29 is 14.3 Å². The molecule has 7 heteroatoms. The summed E-state index contributed by atoms with van der Waals surface area (Å²) in [5, 5.41) is 2.57. The number of amides is 2. The number of ether oxygens (including phenoxy) is 1. The van der Waals surface area contributed by atoms with Crippen LogP contribution in [-0.4, -0.2) is 54.9 Å². The Balaban J connectivity index is 1.41. The van der Waals surface area contributed by atoms with Crippen LogP contribution in [0.3, 0.4) is 0 Å². The first-order valence-electron chi connectivity index (χ1n) is 9.00. The molecule has 1 aliphatic heterocycles. The highest BCUT2D eigenvalue weighted by Gasteiger charge is 2.29. The summed E-state index contributed by atoms with van der Waals surface area (Å²) < 4.78 is 5.65. The number of hydrogen-bond acceptors (Lipinski definition) is 4. The lowest BCUT2D eigenvalue weighted by Gasteiger charge is -2.33. The molecule has 0 spiro atoms. The molecule has 2 amide bonds. The molecule has 27 heavy (non-hydrogen) atoms. The average molecular weight is 407 g/mol. The molecule has 0 unspecified atom stereocenters. The molecule has 0 saturated carbocycles. The Morgan fingerprint density at radius 2 is 1.93 bits per heavy atom. The predicted molar refractivity (Wildman–Crippen MR) is 108 cm³/mol. The third-order valence-electron chi connectivity index (χ3n) is 4.75. The number of benzene rings is 1. The molecule has 144 valence electrons. The first kappa shape index (κ1) is 19.7. The van der Waals surface area contributed by atoms with Gasteiger partial charge in [0.05, 0.1) is 11.4 Å². The molecule has 5 nitrogen and oxygen atoms in total. The van der Waals surface area contributed by atoms with E-state index in [1.165, 1.54) is 11.3 Å². The molecule has 0 radical (unpaired) electrons. The monoisotopic (exact) mass is 406 g/mol. The summed E-state index contributed by atoms with van der Waals surface area (Å²) in [6.45, 7) is 2.21. The second-order valence-corrected chi connectivity index (χ2v) is 7.99. The zero-order valence-electron chi connectivity index (χ0n) is 15.3. The normalized spacial score (nSPS) is 14.8. The number of hydrogen-bond donors (Lipinski definition) is 0. The Hall–Kier alpha value is -2.05. The zero-order valence-corrected chi connectivity index (χ0v) is 16.8. The van der Waals surface area contributed by atoms with Crippen LogP contribution in [0.2, 0.25) is 5.02 Å². The van der Waals surface area contributed by atoms with Gasteiger partial charge >= 0.3 is 0 Å². The van der Waals surface area contributed by atoms with E-state index in [0.29, 0.717) is 44.1 Å². The number of likely N-dealkylation sites (N-methyl/N-ethyl adjacent to an activating group) is 1. The maximum absolute atomic E-state index is 12.6. The second kappa shape index (κ2) is 9.24. The maximum atomic E-state index is 12.6. The summed E-state index contributed by atoms with van der Waals surface area (Å²) in [5.74, 6) is 0.900. The Bertz CT molecular complexity index is 756. The highest BCUT2D eigenvalue weighted by Crippen LogP contribution is 2.22. The highest BCUT2D eigenvalue weighted by molar-refractivity contribution is 7.12. The van der Waals surface area contributed by atoms with Gasteiger partial charge in [-0.25, -0.2) is 0 Å². The average Bonchev–Trinajstić information content (AvgIpc) is 3.23. The van der Waals surface area contributed by atoms with Crippen LogP contribution in [0.1, 0.15) is 22.5 Å². The van der Waals surface area contributed by atoms with Crippen molar-refractivity contribution in [2.45, 2.75) is 12.8 Å². The second-order valence-electron chi connectivity index (χ2n) is 6.61. The van der Waals surface area contributed by atoms with Gasteiger partial charge in [-0.1, -0.05) is 17.7 Å². The van der Waals surface area contributed by atoms with Gasteiger partial charge in [0.15, 0.2) is 0 Å². The minimum atomic E-state index is -0.0297. The molecule has 1 aliphatic rings. The van der Waals surface area contributed by atoms with E-state index < -0.39 is 0 Å². The molecule has 2 heterocycles. The van der Waals surface area contributed by atoms with E-state index in [1.807, 2.05) is 34.5 Å². The molecular weight excluding hydrogens is 384 g/mol. The number of carbonyl (C=O) groups is 2. The topological polar surface area (TPSA) is 49.9 Å². The van der Waals surface area contributed by atoms with Crippen LogP contribution in [0.4, 0.5) is 0 Å². The van der Waals surface area contributed by atoms with Crippen molar-refractivity contribution in [1.29, 1.82) is 0 Å². The van der Waals surface area contributed by atoms with Crippen LogP contribution in [0.25, 0.3) is 0 Å². The van der Waals surface area contributed by atoms with Crippen molar-refractivity contribution >= 4 is 34.8 Å². The van der Waals surface area contributed by atoms with Gasteiger partial charge in [0.25, 0.3) is 5.91 Å².